The lowest BCUT2D eigenvalue weighted by atomic mass is 9.74. The number of aliphatic hydroxyl groups is 2. The van der Waals surface area contributed by atoms with Crippen LogP contribution in [0.25, 0.3) is 0 Å². The Bertz CT molecular complexity index is 1080. The van der Waals surface area contributed by atoms with Crippen molar-refractivity contribution >= 4 is 5.78 Å². The number of furan rings is 2. The lowest BCUT2D eigenvalue weighted by Crippen LogP contribution is -2.50. The van der Waals surface area contributed by atoms with Gasteiger partial charge in [-0.2, -0.15) is 0 Å². The standard InChI is InChI=1S/C23H16F2O5/c24-17-7-1-5-15(13-17)22(27,19-9-3-11-29-19)21(26)23(28,20-10-4-12-30-20)16-6-2-8-18(25)14-16/h1-14,27-28H. The Morgan fingerprint density at radius 2 is 1.13 bits per heavy atom. The number of Topliss-reactive ketones (excluding diaryl/α,β-unsaturated/α-hetero) is 1. The summed E-state index contributed by atoms with van der Waals surface area (Å²) >= 11 is 0. The van der Waals surface area contributed by atoms with Crippen LogP contribution in [0.1, 0.15) is 22.6 Å². The fraction of sp³-hybridized carbons (Fsp3) is 0.0870. The van der Waals surface area contributed by atoms with Crippen LogP contribution in [-0.4, -0.2) is 16.0 Å². The van der Waals surface area contributed by atoms with E-state index in [0.29, 0.717) is 0 Å². The van der Waals surface area contributed by atoms with Crippen LogP contribution in [0, 0.1) is 11.6 Å². The summed E-state index contributed by atoms with van der Waals surface area (Å²) < 4.78 is 38.5. The van der Waals surface area contributed by atoms with Crippen LogP contribution in [0.3, 0.4) is 0 Å². The number of benzene rings is 2. The molecule has 0 aliphatic carbocycles. The molecule has 2 aromatic heterocycles. The quantitative estimate of drug-likeness (QED) is 0.504. The summed E-state index contributed by atoms with van der Waals surface area (Å²) in [6, 6.07) is 14.9. The molecular weight excluding hydrogens is 394 g/mol. The maximum atomic E-state index is 14.0. The molecule has 0 bridgehead atoms. The molecule has 0 aliphatic rings. The number of rotatable bonds is 6. The summed E-state index contributed by atoms with van der Waals surface area (Å²) in [5, 5.41) is 23.2. The number of hydrogen-bond acceptors (Lipinski definition) is 5. The first-order valence-corrected chi connectivity index (χ1v) is 8.96. The van der Waals surface area contributed by atoms with E-state index < -0.39 is 28.6 Å². The van der Waals surface area contributed by atoms with Gasteiger partial charge in [0.05, 0.1) is 12.5 Å². The summed E-state index contributed by atoms with van der Waals surface area (Å²) in [7, 11) is 0. The van der Waals surface area contributed by atoms with Gasteiger partial charge in [-0.1, -0.05) is 24.3 Å². The molecular formula is C23H16F2O5. The maximum absolute atomic E-state index is 14.0. The van der Waals surface area contributed by atoms with Crippen molar-refractivity contribution in [2.24, 2.45) is 0 Å². The molecule has 0 aliphatic heterocycles. The topological polar surface area (TPSA) is 83.8 Å². The van der Waals surface area contributed by atoms with Gasteiger partial charge in [-0.25, -0.2) is 8.78 Å². The highest BCUT2D eigenvalue weighted by Gasteiger charge is 2.56. The maximum Gasteiger partial charge on any atom is 0.220 e. The van der Waals surface area contributed by atoms with Crippen molar-refractivity contribution in [2.45, 2.75) is 11.2 Å². The third-order valence-corrected chi connectivity index (χ3v) is 4.90. The summed E-state index contributed by atoms with van der Waals surface area (Å²) in [5.74, 6) is -3.15. The first kappa shape index (κ1) is 19.8. The molecule has 30 heavy (non-hydrogen) atoms. The highest BCUT2D eigenvalue weighted by Crippen LogP contribution is 2.42. The summed E-state index contributed by atoms with van der Waals surface area (Å²) in [5.41, 5.74) is -5.58. The number of hydrogen-bond donors (Lipinski definition) is 2. The predicted molar refractivity (Wildman–Crippen MR) is 101 cm³/mol. The molecule has 2 atom stereocenters. The minimum absolute atomic E-state index is 0.177. The molecule has 7 heteroatoms. The van der Waals surface area contributed by atoms with E-state index in [4.69, 9.17) is 8.83 Å². The van der Waals surface area contributed by atoms with E-state index in [-0.39, 0.29) is 22.6 Å². The predicted octanol–water partition coefficient (Wildman–Crippen LogP) is 3.89. The zero-order valence-electron chi connectivity index (χ0n) is 15.5. The third-order valence-electron chi connectivity index (χ3n) is 4.90. The number of halogens is 2. The van der Waals surface area contributed by atoms with Crippen LogP contribution < -0.4 is 0 Å². The van der Waals surface area contributed by atoms with Gasteiger partial charge in [0.1, 0.15) is 23.2 Å². The largest absolute Gasteiger partial charge is 0.465 e. The average Bonchev–Trinajstić information content (AvgIpc) is 3.46. The fourth-order valence-corrected chi connectivity index (χ4v) is 3.43. The van der Waals surface area contributed by atoms with Crippen molar-refractivity contribution in [3.05, 3.63) is 120 Å². The van der Waals surface area contributed by atoms with Gasteiger partial charge in [-0.15, -0.1) is 0 Å². The average molecular weight is 410 g/mol. The van der Waals surface area contributed by atoms with Crippen LogP contribution in [0.4, 0.5) is 8.78 Å². The summed E-state index contributed by atoms with van der Waals surface area (Å²) in [6.45, 7) is 0. The Kier molecular flexibility index (Phi) is 4.85. The van der Waals surface area contributed by atoms with Gasteiger partial charge in [0.15, 0.2) is 0 Å². The van der Waals surface area contributed by atoms with E-state index in [1.807, 2.05) is 0 Å². The minimum atomic E-state index is -2.61. The van der Waals surface area contributed by atoms with Gasteiger partial charge in [0.25, 0.3) is 0 Å². The van der Waals surface area contributed by atoms with Crippen molar-refractivity contribution in [3.8, 4) is 0 Å². The van der Waals surface area contributed by atoms with E-state index in [0.717, 1.165) is 24.3 Å². The molecule has 2 aromatic carbocycles. The first-order valence-electron chi connectivity index (χ1n) is 8.96. The van der Waals surface area contributed by atoms with Crippen LogP contribution in [0.5, 0.6) is 0 Å². The molecule has 0 amide bonds. The molecule has 2 N–H and O–H groups in total. The monoisotopic (exact) mass is 410 g/mol. The Morgan fingerprint density at radius 1 is 0.700 bits per heavy atom. The van der Waals surface area contributed by atoms with Gasteiger partial charge < -0.3 is 19.0 Å². The number of carbonyl (C=O) groups excluding carboxylic acids is 1. The van der Waals surface area contributed by atoms with Gasteiger partial charge in [-0.05, 0) is 48.5 Å². The molecule has 152 valence electrons. The molecule has 0 fully saturated rings. The summed E-state index contributed by atoms with van der Waals surface area (Å²) in [4.78, 5) is 13.8. The van der Waals surface area contributed by atoms with Crippen molar-refractivity contribution in [1.29, 1.82) is 0 Å². The van der Waals surface area contributed by atoms with Gasteiger partial charge in [-0.3, -0.25) is 4.79 Å². The van der Waals surface area contributed by atoms with Crippen molar-refractivity contribution in [3.63, 3.8) is 0 Å². The van der Waals surface area contributed by atoms with Gasteiger partial charge >= 0.3 is 0 Å². The number of ketones is 1. The van der Waals surface area contributed by atoms with Crippen LogP contribution in [0.15, 0.2) is 94.2 Å². The van der Waals surface area contributed by atoms with E-state index in [2.05, 4.69) is 0 Å². The summed E-state index contributed by atoms with van der Waals surface area (Å²) in [6.07, 6.45) is 2.45. The molecule has 5 nitrogen and oxygen atoms in total. The Balaban J connectivity index is 1.99. The molecule has 0 radical (unpaired) electrons. The van der Waals surface area contributed by atoms with Gasteiger partial charge in [0.2, 0.25) is 17.0 Å². The Hall–Kier alpha value is -3.55. The molecule has 4 rings (SSSR count). The normalized spacial score (nSPS) is 15.3. The van der Waals surface area contributed by atoms with Gasteiger partial charge in [0, 0.05) is 11.1 Å². The fourth-order valence-electron chi connectivity index (χ4n) is 3.43. The van der Waals surface area contributed by atoms with E-state index >= 15 is 0 Å². The van der Waals surface area contributed by atoms with Crippen LogP contribution in [-0.2, 0) is 16.0 Å². The second-order valence-electron chi connectivity index (χ2n) is 6.73. The molecule has 2 unspecified atom stereocenters. The Morgan fingerprint density at radius 3 is 1.47 bits per heavy atom. The smallest absolute Gasteiger partial charge is 0.220 e. The molecule has 0 saturated carbocycles. The Labute approximate surface area is 169 Å². The van der Waals surface area contributed by atoms with E-state index in [1.165, 1.54) is 61.1 Å². The van der Waals surface area contributed by atoms with E-state index in [1.54, 1.807) is 0 Å². The minimum Gasteiger partial charge on any atom is -0.465 e. The van der Waals surface area contributed by atoms with E-state index in [9.17, 15) is 23.8 Å². The van der Waals surface area contributed by atoms with Crippen LogP contribution in [0.2, 0.25) is 0 Å². The number of carbonyl (C=O) groups is 1. The lowest BCUT2D eigenvalue weighted by Gasteiger charge is -2.34. The second kappa shape index (κ2) is 7.37. The molecule has 0 saturated heterocycles. The molecule has 4 aromatic rings. The second-order valence-corrected chi connectivity index (χ2v) is 6.73. The molecule has 0 spiro atoms. The zero-order valence-corrected chi connectivity index (χ0v) is 15.5. The van der Waals surface area contributed by atoms with Crippen LogP contribution >= 0.6 is 0 Å². The molecule has 2 heterocycles. The van der Waals surface area contributed by atoms with Crippen molar-refractivity contribution < 1.29 is 32.6 Å². The third kappa shape index (κ3) is 3.04. The SMILES string of the molecule is O=C(C(O)(c1cccc(F)c1)c1ccco1)C(O)(c1cccc(F)c1)c1ccco1. The van der Waals surface area contributed by atoms with Crippen molar-refractivity contribution in [1.82, 2.24) is 0 Å². The lowest BCUT2D eigenvalue weighted by molar-refractivity contribution is -0.154. The highest BCUT2D eigenvalue weighted by atomic mass is 19.1. The highest BCUT2D eigenvalue weighted by molar-refractivity contribution is 6.00. The van der Waals surface area contributed by atoms with Crippen molar-refractivity contribution in [2.75, 3.05) is 0 Å². The first-order chi connectivity index (χ1) is 14.4. The zero-order chi connectivity index (χ0) is 21.4.